The standard InChI is InChI=1S/C14H15FN4O5.C14H16N4O5.C13H15N5O5.C13H15N5O4S.C13H15N5O4/c1-3-14(23)9(21)8(5(2)20)24-12(14)19-4-6(15)7-10(19)17-13(16)18-11(7)22;1-3-14(22)9(20)8(6(2)19)23-12(14)18-5-4-7-10(18)16-13(15)17-11(7)21;1-3-13(22)8(20)7(5(2)19)23-11(13)18-4-15-6-9(18)16-12(14)17-10(6)21;1-3-13(21)8(20)7(5(2)19)22-11(13)18-4-15-6-9(18)16-12(14)17-10(6)23;1-3-13(21)9(20)8(6(2)19)22-11(13)18-5-16-7-4-15-12(14)17-10(7)18/h1,4-5,8-9,12,20-21,23H,2H3,(H3,16,17,18,22);1,4-6,8-9,12,19-20,22H,2H3,(H3,15,16,17,21);1,4-5,7-8,11,19-20,22H,2H3,(H3,14,16,17,21);1,4-5,7-8,11,19-21H,2H3,(H3,14,16,17,23);1,4-6,8-9,11,19-21H,2H3,(H2,14,15,17)/t5-,8-,9+,12-,14?;6-,8-,9+,12-,14?;2*5-,7-,8+,11-,13?;6-,8-,9+,11-,13?/m11111/s1. The molecule has 25 atom stereocenters. The summed E-state index contributed by atoms with van der Waals surface area (Å²) in [7, 11) is 0. The molecule has 5 unspecified atom stereocenters. The molecule has 15 rings (SSSR count). The van der Waals surface area contributed by atoms with Gasteiger partial charge >= 0.3 is 0 Å². The number of nitrogens with zero attached hydrogens (tertiary/aromatic N) is 14. The molecule has 15 heterocycles. The summed E-state index contributed by atoms with van der Waals surface area (Å²) in [6, 6.07) is 1.46. The molecule has 0 spiro atoms. The number of aliphatic hydroxyl groups excluding tert-OH is 10. The zero-order valence-corrected chi connectivity index (χ0v) is 61.2. The number of aromatic nitrogens is 18. The third-order valence-electron chi connectivity index (χ3n) is 19.4. The van der Waals surface area contributed by atoms with Gasteiger partial charge in [0.25, 0.3) is 16.7 Å². The Morgan fingerprint density at radius 3 is 1.26 bits per heavy atom. The second kappa shape index (κ2) is 31.3. The lowest BCUT2D eigenvalue weighted by Gasteiger charge is -2.26. The van der Waals surface area contributed by atoms with Gasteiger partial charge in [-0.3, -0.25) is 47.6 Å². The number of ether oxygens (including phenoxy) is 5. The maximum absolute atomic E-state index is 14.1. The van der Waals surface area contributed by atoms with Gasteiger partial charge in [0.05, 0.1) is 61.1 Å². The van der Waals surface area contributed by atoms with Crippen LogP contribution >= 0.6 is 12.2 Å². The number of hydrogen-bond donors (Lipinski definition) is 24. The number of fused-ring (bicyclic) bond motifs is 5. The highest BCUT2D eigenvalue weighted by atomic mass is 32.1. The van der Waals surface area contributed by atoms with Crippen LogP contribution in [0.1, 0.15) is 65.8 Å². The molecule has 5 saturated heterocycles. The number of aromatic amines is 4. The molecule has 0 amide bonds. The van der Waals surface area contributed by atoms with Gasteiger partial charge in [0.2, 0.25) is 23.8 Å². The molecule has 48 heteroatoms. The fourth-order valence-corrected chi connectivity index (χ4v) is 13.7. The lowest BCUT2D eigenvalue weighted by Crippen LogP contribution is -2.47. The van der Waals surface area contributed by atoms with Crippen molar-refractivity contribution in [3.8, 4) is 61.7 Å². The first-order chi connectivity index (χ1) is 54.0. The van der Waals surface area contributed by atoms with Crippen LogP contribution in [-0.2, 0) is 23.7 Å². The number of halogens is 1. The third-order valence-corrected chi connectivity index (χ3v) is 19.7. The third kappa shape index (κ3) is 14.3. The van der Waals surface area contributed by atoms with E-state index in [1.54, 1.807) is 0 Å². The summed E-state index contributed by atoms with van der Waals surface area (Å²) in [5.74, 6) is 9.08. The van der Waals surface area contributed by atoms with Crippen LogP contribution < -0.4 is 45.3 Å². The summed E-state index contributed by atoms with van der Waals surface area (Å²) in [5, 5.41) is 152. The number of nitrogens with one attached hydrogen (secondary N) is 4. The molecule has 46 nitrogen and oxygen atoms in total. The molecule has 5 aliphatic rings. The average Bonchev–Trinajstić information content (AvgIpc) is 1.62. The van der Waals surface area contributed by atoms with Crippen molar-refractivity contribution in [1.82, 2.24) is 87.6 Å². The molecule has 5 aliphatic heterocycles. The Hall–Kier alpha value is -11.6. The lowest BCUT2D eigenvalue weighted by molar-refractivity contribution is -0.0847. The number of rotatable bonds is 10. The Kier molecular flexibility index (Phi) is 23.0. The Morgan fingerprint density at radius 1 is 0.461 bits per heavy atom. The van der Waals surface area contributed by atoms with Crippen LogP contribution in [0.2, 0.25) is 0 Å². The minimum Gasteiger partial charge on any atom is -0.391 e. The summed E-state index contributed by atoms with van der Waals surface area (Å²) in [4.78, 5) is 80.7. The molecular weight excluding hydrogens is 1550 g/mol. The Bertz CT molecular complexity index is 5510. The molecule has 0 radical (unpaired) electrons. The van der Waals surface area contributed by atoms with E-state index in [4.69, 9.17) is 96.7 Å². The summed E-state index contributed by atoms with van der Waals surface area (Å²) in [6.45, 7) is 6.98. The number of hydrogen-bond acceptors (Lipinski definition) is 38. The van der Waals surface area contributed by atoms with Gasteiger partial charge in [0, 0.05) is 12.4 Å². The van der Waals surface area contributed by atoms with E-state index in [2.05, 4.69) is 88.5 Å². The summed E-state index contributed by atoms with van der Waals surface area (Å²) >= 11 is 5.08. The summed E-state index contributed by atoms with van der Waals surface area (Å²) in [6.07, 6.45) is 9.35. The monoisotopic (exact) mass is 1620 g/mol. The van der Waals surface area contributed by atoms with Gasteiger partial charge in [0.15, 0.2) is 104 Å². The highest BCUT2D eigenvalue weighted by Crippen LogP contribution is 2.46. The van der Waals surface area contributed by atoms with Gasteiger partial charge in [-0.15, -0.1) is 32.1 Å². The van der Waals surface area contributed by atoms with Gasteiger partial charge in [-0.1, -0.05) is 41.8 Å². The fourth-order valence-electron chi connectivity index (χ4n) is 13.5. The SMILES string of the molecule is C#CC1(O)[C@@H](O)[C@@H]([C@@H](C)O)O[C@H]1n1cc(F)c2c(=O)[nH]c(N)nc21.C#CC1(O)[C@@H](O)[C@@H]([C@@H](C)O)O[C@H]1n1ccc2c(=O)[nH]c(N)nc21.C#CC1(O)[C@@H](O)[C@@H]([C@@H](C)O)O[C@H]1n1cnc2c(=O)[nH]c(N)nc21.C#CC1(O)[C@@H](O)[C@@H]([C@@H](C)O)O[C@H]1n1cnc2c(=S)nc(N)[nH]c21.C#CC1(O)[C@@H](O)[C@@H]([C@@H](C)O)O[C@H]1n1cnc2cnc(N)nc21. The molecular formula is C67H76FN23O23S. The van der Waals surface area contributed by atoms with Crippen molar-refractivity contribution in [2.75, 3.05) is 28.7 Å². The number of H-pyrrole nitrogens is 4. The number of aliphatic hydroxyl groups is 15. The number of anilines is 5. The zero-order chi connectivity index (χ0) is 84.7. The number of nitrogen functional groups attached to an aromatic ring is 5. The van der Waals surface area contributed by atoms with Crippen molar-refractivity contribution >= 4 is 97.5 Å². The minimum absolute atomic E-state index is 0.0177. The molecule has 610 valence electrons. The topological polar surface area (TPSA) is 735 Å². The minimum atomic E-state index is -2.28. The van der Waals surface area contributed by atoms with Crippen LogP contribution in [-0.4, -0.2) is 284 Å². The van der Waals surface area contributed by atoms with E-state index in [0.717, 1.165) is 10.8 Å². The first kappa shape index (κ1) is 84.4. The first-order valence-electron chi connectivity index (χ1n) is 33.9. The molecule has 0 saturated carbocycles. The molecule has 29 N–H and O–H groups in total. The van der Waals surface area contributed by atoms with Gasteiger partial charge in [-0.25, -0.2) is 29.3 Å². The van der Waals surface area contributed by atoms with Crippen LogP contribution in [0.25, 0.3) is 55.6 Å². The van der Waals surface area contributed by atoms with Gasteiger partial charge in [0.1, 0.15) is 83.1 Å². The second-order valence-corrected chi connectivity index (χ2v) is 27.5. The van der Waals surface area contributed by atoms with E-state index >= 15 is 0 Å². The number of terminal acetylenes is 5. The Labute approximate surface area is 648 Å². The first-order valence-corrected chi connectivity index (χ1v) is 34.3. The smallest absolute Gasteiger partial charge is 0.280 e. The number of nitrogens with two attached hydrogens (primary N) is 5. The lowest BCUT2D eigenvalue weighted by atomic mass is 9.93. The summed E-state index contributed by atoms with van der Waals surface area (Å²) < 4.78 is 48.2. The van der Waals surface area contributed by atoms with E-state index < -0.39 is 179 Å². The molecule has 0 aliphatic carbocycles. The van der Waals surface area contributed by atoms with E-state index in [0.29, 0.717) is 22.3 Å². The van der Waals surface area contributed by atoms with Crippen LogP contribution in [0.3, 0.4) is 0 Å². The normalized spacial score (nSPS) is 32.1. The predicted molar refractivity (Wildman–Crippen MR) is 396 cm³/mol. The fraction of sp³-hybridized carbons (Fsp3) is 0.448. The highest BCUT2D eigenvalue weighted by molar-refractivity contribution is 7.71. The van der Waals surface area contributed by atoms with Crippen LogP contribution in [0, 0.1) is 72.2 Å². The Balaban J connectivity index is 0.000000142. The van der Waals surface area contributed by atoms with Crippen molar-refractivity contribution in [2.45, 2.75) is 185 Å². The van der Waals surface area contributed by atoms with E-state index in [1.165, 1.54) is 90.3 Å². The van der Waals surface area contributed by atoms with E-state index in [-0.39, 0.29) is 62.2 Å². The molecule has 5 fully saturated rings. The predicted octanol–water partition coefficient (Wildman–Crippen LogP) is -8.05. The van der Waals surface area contributed by atoms with Crippen molar-refractivity contribution in [3.05, 3.63) is 85.2 Å². The molecule has 115 heavy (non-hydrogen) atoms. The van der Waals surface area contributed by atoms with Gasteiger partial charge < -0.3 is 139 Å². The van der Waals surface area contributed by atoms with Crippen molar-refractivity contribution in [2.24, 2.45) is 0 Å². The highest BCUT2D eigenvalue weighted by Gasteiger charge is 2.62. The summed E-state index contributed by atoms with van der Waals surface area (Å²) in [5.41, 5.74) is 16.6. The maximum Gasteiger partial charge on any atom is 0.280 e. The molecule has 10 aromatic heterocycles. The van der Waals surface area contributed by atoms with Crippen LogP contribution in [0.15, 0.2) is 58.0 Å². The Morgan fingerprint density at radius 2 is 0.817 bits per heavy atom. The van der Waals surface area contributed by atoms with Gasteiger partial charge in [-0.05, 0) is 40.7 Å². The van der Waals surface area contributed by atoms with Crippen LogP contribution in [0.4, 0.5) is 34.1 Å². The largest absolute Gasteiger partial charge is 0.391 e. The van der Waals surface area contributed by atoms with Gasteiger partial charge in [-0.2, -0.15) is 19.9 Å². The average molecular weight is 1620 g/mol. The van der Waals surface area contributed by atoms with Crippen molar-refractivity contribution < 1.29 is 105 Å². The van der Waals surface area contributed by atoms with Crippen molar-refractivity contribution in [1.29, 1.82) is 0 Å². The van der Waals surface area contributed by atoms with Crippen LogP contribution in [0.5, 0.6) is 0 Å². The molecule has 0 bridgehead atoms. The maximum atomic E-state index is 14.1. The van der Waals surface area contributed by atoms with E-state index in [1.807, 2.05) is 5.92 Å². The molecule has 0 aromatic carbocycles. The molecule has 10 aromatic rings. The zero-order valence-electron chi connectivity index (χ0n) is 60.4. The second-order valence-electron chi connectivity index (χ2n) is 27.1. The van der Waals surface area contributed by atoms with Crippen molar-refractivity contribution in [3.63, 3.8) is 0 Å². The quantitative estimate of drug-likeness (QED) is 0.0447. The number of imidazole rings is 3. The van der Waals surface area contributed by atoms with E-state index in [9.17, 15) is 95.4 Å².